The van der Waals surface area contributed by atoms with Gasteiger partial charge >= 0.3 is 0 Å². The Hall–Kier alpha value is -4.78. The van der Waals surface area contributed by atoms with Crippen molar-refractivity contribution in [3.63, 3.8) is 0 Å². The number of hydrogen-bond donors (Lipinski definition) is 3. The smallest absolute Gasteiger partial charge is 0.276 e. The van der Waals surface area contributed by atoms with Gasteiger partial charge in [-0.25, -0.2) is 4.85 Å². The van der Waals surface area contributed by atoms with E-state index in [1.165, 1.54) is 25.1 Å². The highest BCUT2D eigenvalue weighted by molar-refractivity contribution is 5.94. The molecule has 0 fully saturated rings. The zero-order chi connectivity index (χ0) is 24.7. The molecule has 1 aromatic heterocycles. The number of hydrazine groups is 1. The number of aromatic nitrogens is 1. The minimum atomic E-state index is -0.787. The minimum Gasteiger partial charge on any atom is -0.503 e. The van der Waals surface area contributed by atoms with Crippen LogP contribution in [0.2, 0.25) is 0 Å². The van der Waals surface area contributed by atoms with Gasteiger partial charge in [-0.1, -0.05) is 19.1 Å². The van der Waals surface area contributed by atoms with E-state index in [0.717, 1.165) is 16.7 Å². The molecule has 0 radical (unpaired) electrons. The number of pyridine rings is 1. The highest BCUT2D eigenvalue weighted by Crippen LogP contribution is 2.33. The summed E-state index contributed by atoms with van der Waals surface area (Å²) in [7, 11) is 0. The SMILES string of the molecule is [C-]#[N+]c1c(C)c(NNc2cccc3c(=O)c4c(=O)ccc(=O)c=4c(=O)c23)c(=O)n(CCC)c1O. The van der Waals surface area contributed by atoms with E-state index in [-0.39, 0.29) is 39.9 Å². The van der Waals surface area contributed by atoms with Crippen LogP contribution in [-0.2, 0) is 6.54 Å². The van der Waals surface area contributed by atoms with E-state index in [1.807, 2.05) is 6.92 Å². The molecule has 2 aromatic rings. The lowest BCUT2D eigenvalue weighted by Crippen LogP contribution is -2.29. The van der Waals surface area contributed by atoms with Crippen LogP contribution < -0.4 is 38.1 Å². The second-order valence-corrected chi connectivity index (χ2v) is 7.69. The minimum absolute atomic E-state index is 0.0313. The Balaban J connectivity index is 1.95. The van der Waals surface area contributed by atoms with Gasteiger partial charge in [-0.15, -0.1) is 0 Å². The number of nitrogens with zero attached hydrogens (tertiary/aromatic N) is 2. The quantitative estimate of drug-likeness (QED) is 0.302. The van der Waals surface area contributed by atoms with Crippen LogP contribution in [0.1, 0.15) is 18.9 Å². The maximum absolute atomic E-state index is 13.2. The predicted octanol–water partition coefficient (Wildman–Crippen LogP) is 1.46. The summed E-state index contributed by atoms with van der Waals surface area (Å²) in [5, 5.41) is 9.21. The predicted molar refractivity (Wildman–Crippen MR) is 128 cm³/mol. The second-order valence-electron chi connectivity index (χ2n) is 7.69. The molecule has 3 N–H and O–H groups in total. The first-order valence-electron chi connectivity index (χ1n) is 10.3. The van der Waals surface area contributed by atoms with Gasteiger partial charge in [0.15, 0.2) is 22.2 Å². The Bertz CT molecular complexity index is 1860. The van der Waals surface area contributed by atoms with Gasteiger partial charge in [0, 0.05) is 11.9 Å². The van der Waals surface area contributed by atoms with Gasteiger partial charge in [0.1, 0.15) is 5.69 Å². The molecule has 10 nitrogen and oxygen atoms in total. The van der Waals surface area contributed by atoms with E-state index in [9.17, 15) is 29.1 Å². The molecular formula is C24H18N4O6. The Morgan fingerprint density at radius 3 is 2.24 bits per heavy atom. The zero-order valence-electron chi connectivity index (χ0n) is 18.2. The molecule has 0 aliphatic heterocycles. The molecule has 0 saturated carbocycles. The van der Waals surface area contributed by atoms with Crippen molar-refractivity contribution in [3.05, 3.63) is 109 Å². The fraction of sp³-hybridized carbons (Fsp3) is 0.167. The van der Waals surface area contributed by atoms with Gasteiger partial charge in [0.2, 0.25) is 11.1 Å². The first-order chi connectivity index (χ1) is 16.2. The summed E-state index contributed by atoms with van der Waals surface area (Å²) >= 11 is 0. The van der Waals surface area contributed by atoms with Crippen molar-refractivity contribution >= 4 is 27.8 Å². The zero-order valence-corrected chi connectivity index (χ0v) is 18.2. The topological polar surface area (TPSA) is 139 Å². The molecule has 34 heavy (non-hydrogen) atoms. The van der Waals surface area contributed by atoms with Crippen molar-refractivity contribution in [1.29, 1.82) is 0 Å². The highest BCUT2D eigenvalue weighted by Gasteiger charge is 2.20. The Kier molecular flexibility index (Phi) is 5.47. The number of aromatic hydroxyl groups is 1. The molecule has 1 aromatic carbocycles. The summed E-state index contributed by atoms with van der Waals surface area (Å²) < 4.78 is 1.06. The molecule has 0 unspecified atom stereocenters. The maximum atomic E-state index is 13.2. The second kappa shape index (κ2) is 8.29. The van der Waals surface area contributed by atoms with Gasteiger partial charge in [0.25, 0.3) is 5.56 Å². The van der Waals surface area contributed by atoms with Crippen LogP contribution in [0.5, 0.6) is 5.88 Å². The van der Waals surface area contributed by atoms with Gasteiger partial charge in [-0.3, -0.25) is 39.4 Å². The van der Waals surface area contributed by atoms with E-state index < -0.39 is 43.6 Å². The number of anilines is 2. The lowest BCUT2D eigenvalue weighted by molar-refractivity contribution is 0.408. The lowest BCUT2D eigenvalue weighted by atomic mass is 10.0. The summed E-state index contributed by atoms with van der Waals surface area (Å²) in [4.78, 5) is 66.9. The molecule has 2 aliphatic carbocycles. The van der Waals surface area contributed by atoms with Gasteiger partial charge in [-0.2, -0.15) is 0 Å². The largest absolute Gasteiger partial charge is 0.503 e. The third kappa shape index (κ3) is 3.22. The van der Waals surface area contributed by atoms with Crippen molar-refractivity contribution in [2.75, 3.05) is 10.9 Å². The standard InChI is InChI=1S/C24H18N4O6/c1-4-10-28-23(33)19(25-3)11(2)20(24(28)34)27-26-13-7-5-6-12-16(13)22(32)18-15(30)9-8-14(29)17(18)21(12)31/h5-9,26-27,33H,4,10H2,1-2H3. The van der Waals surface area contributed by atoms with Crippen LogP contribution in [0.4, 0.5) is 17.1 Å². The van der Waals surface area contributed by atoms with Gasteiger partial charge in [-0.05, 0) is 37.1 Å². The number of benzene rings is 1. The summed E-state index contributed by atoms with van der Waals surface area (Å²) in [5.74, 6) is -0.434. The van der Waals surface area contributed by atoms with Crippen molar-refractivity contribution in [2.24, 2.45) is 0 Å². The number of hydrogen-bond acceptors (Lipinski definition) is 8. The first kappa shape index (κ1) is 22.4. The van der Waals surface area contributed by atoms with Crippen LogP contribution in [0.3, 0.4) is 0 Å². The summed E-state index contributed by atoms with van der Waals surface area (Å²) in [6, 6.07) is 6.23. The molecule has 0 atom stereocenters. The number of fused-ring (bicyclic) bond motifs is 1. The van der Waals surface area contributed by atoms with E-state index in [1.54, 1.807) is 0 Å². The van der Waals surface area contributed by atoms with E-state index in [2.05, 4.69) is 15.7 Å². The summed E-state index contributed by atoms with van der Waals surface area (Å²) in [6.07, 6.45) is 0.530. The van der Waals surface area contributed by atoms with Crippen LogP contribution >= 0.6 is 0 Å². The molecule has 10 heteroatoms. The van der Waals surface area contributed by atoms with Crippen molar-refractivity contribution in [1.82, 2.24) is 4.57 Å². The van der Waals surface area contributed by atoms with Crippen LogP contribution in [-0.4, -0.2) is 9.67 Å². The third-order valence-electron chi connectivity index (χ3n) is 5.66. The first-order valence-corrected chi connectivity index (χ1v) is 10.3. The Morgan fingerprint density at radius 1 is 0.971 bits per heavy atom. The number of nitrogens with one attached hydrogen (secondary N) is 2. The Morgan fingerprint density at radius 2 is 1.62 bits per heavy atom. The summed E-state index contributed by atoms with van der Waals surface area (Å²) in [5.41, 5.74) is 2.00. The average molecular weight is 458 g/mol. The molecule has 170 valence electrons. The van der Waals surface area contributed by atoms with E-state index in [0.29, 0.717) is 6.42 Å². The highest BCUT2D eigenvalue weighted by atomic mass is 16.3. The average Bonchev–Trinajstić information content (AvgIpc) is 2.81. The molecule has 0 amide bonds. The van der Waals surface area contributed by atoms with E-state index >= 15 is 0 Å². The van der Waals surface area contributed by atoms with Crippen molar-refractivity contribution in [2.45, 2.75) is 26.8 Å². The number of rotatable bonds is 5. The lowest BCUT2D eigenvalue weighted by Gasteiger charge is -2.17. The summed E-state index contributed by atoms with van der Waals surface area (Å²) in [6.45, 7) is 10.8. The normalized spacial score (nSPS) is 11.0. The van der Waals surface area contributed by atoms with Crippen LogP contribution in [0.15, 0.2) is 54.3 Å². The molecule has 4 rings (SSSR count). The molecule has 0 spiro atoms. The Labute approximate surface area is 190 Å². The van der Waals surface area contributed by atoms with Crippen molar-refractivity contribution in [3.8, 4) is 5.88 Å². The van der Waals surface area contributed by atoms with Gasteiger partial charge < -0.3 is 5.11 Å². The maximum Gasteiger partial charge on any atom is 0.276 e. The molecular weight excluding hydrogens is 440 g/mol. The van der Waals surface area contributed by atoms with Gasteiger partial charge in [0.05, 0.1) is 28.1 Å². The molecule has 1 heterocycles. The van der Waals surface area contributed by atoms with Crippen molar-refractivity contribution < 1.29 is 5.11 Å². The fourth-order valence-corrected chi connectivity index (χ4v) is 4.01. The fourth-order valence-electron chi connectivity index (χ4n) is 4.01. The molecule has 0 bridgehead atoms. The molecule has 0 saturated heterocycles. The molecule has 2 aliphatic rings. The third-order valence-corrected chi connectivity index (χ3v) is 5.66. The van der Waals surface area contributed by atoms with Crippen LogP contribution in [0, 0.1) is 23.9 Å². The monoisotopic (exact) mass is 458 g/mol. The van der Waals surface area contributed by atoms with Crippen LogP contribution in [0.25, 0.3) is 15.6 Å². The van der Waals surface area contributed by atoms with E-state index in [4.69, 9.17) is 6.57 Å².